The highest BCUT2D eigenvalue weighted by molar-refractivity contribution is 7.88. The Morgan fingerprint density at radius 1 is 1.46 bits per heavy atom. The zero-order valence-corrected chi connectivity index (χ0v) is 14.0. The van der Waals surface area contributed by atoms with Gasteiger partial charge in [0.25, 0.3) is 0 Å². The Bertz CT molecular complexity index is 718. The van der Waals surface area contributed by atoms with Gasteiger partial charge in [0, 0.05) is 24.0 Å². The Hall–Kier alpha value is -2.29. The first-order valence-corrected chi connectivity index (χ1v) is 9.25. The molecule has 1 fully saturated rings. The summed E-state index contributed by atoms with van der Waals surface area (Å²) in [5.74, 6) is 0. The SMILES string of the molecule is CS(=O)(=O)N[C@@H]1CN(C(=O)OCc2ccccc2)CC[C@H]1N=[N+]=[N-]. The van der Waals surface area contributed by atoms with Crippen LogP contribution in [0.4, 0.5) is 4.79 Å². The fourth-order valence-corrected chi connectivity index (χ4v) is 3.29. The molecule has 0 aromatic heterocycles. The van der Waals surface area contributed by atoms with Gasteiger partial charge >= 0.3 is 6.09 Å². The van der Waals surface area contributed by atoms with Crippen LogP contribution in [-0.4, -0.2) is 50.8 Å². The van der Waals surface area contributed by atoms with Gasteiger partial charge in [0.05, 0.1) is 12.3 Å². The number of hydrogen-bond donors (Lipinski definition) is 1. The molecule has 1 heterocycles. The van der Waals surface area contributed by atoms with Crippen LogP contribution < -0.4 is 4.72 Å². The third-order valence-corrected chi connectivity index (χ3v) is 4.34. The van der Waals surface area contributed by atoms with E-state index in [-0.39, 0.29) is 13.2 Å². The molecular weight excluding hydrogens is 334 g/mol. The second-order valence-corrected chi connectivity index (χ2v) is 7.32. The van der Waals surface area contributed by atoms with E-state index >= 15 is 0 Å². The van der Waals surface area contributed by atoms with Crippen LogP contribution in [0.5, 0.6) is 0 Å². The standard InChI is InChI=1S/C14H19N5O4S/c1-24(21,22)17-13-9-19(8-7-12(13)16-18-15)14(20)23-10-11-5-3-2-4-6-11/h2-6,12-13,17H,7-10H2,1H3/t12-,13-/m1/s1. The fourth-order valence-electron chi connectivity index (χ4n) is 2.51. The Labute approximate surface area is 140 Å². The van der Waals surface area contributed by atoms with Crippen LogP contribution in [-0.2, 0) is 21.4 Å². The molecule has 0 saturated carbocycles. The molecule has 0 unspecified atom stereocenters. The lowest BCUT2D eigenvalue weighted by molar-refractivity contribution is 0.0821. The van der Waals surface area contributed by atoms with Gasteiger partial charge in [-0.05, 0) is 17.5 Å². The maximum absolute atomic E-state index is 12.2. The lowest BCUT2D eigenvalue weighted by atomic mass is 10.0. The van der Waals surface area contributed by atoms with Crippen molar-refractivity contribution in [1.82, 2.24) is 9.62 Å². The van der Waals surface area contributed by atoms with Gasteiger partial charge in [0.2, 0.25) is 10.0 Å². The first kappa shape index (κ1) is 18.1. The quantitative estimate of drug-likeness (QED) is 0.490. The number of rotatable bonds is 5. The number of hydrogen-bond acceptors (Lipinski definition) is 5. The summed E-state index contributed by atoms with van der Waals surface area (Å²) in [7, 11) is -3.49. The van der Waals surface area contributed by atoms with Crippen molar-refractivity contribution in [2.24, 2.45) is 5.11 Å². The van der Waals surface area contributed by atoms with E-state index in [0.717, 1.165) is 11.8 Å². The van der Waals surface area contributed by atoms with Gasteiger partial charge in [0.1, 0.15) is 6.61 Å². The number of sulfonamides is 1. The number of carbonyl (C=O) groups is 1. The molecule has 24 heavy (non-hydrogen) atoms. The van der Waals surface area contributed by atoms with Crippen molar-refractivity contribution < 1.29 is 17.9 Å². The highest BCUT2D eigenvalue weighted by atomic mass is 32.2. The Morgan fingerprint density at radius 2 is 2.17 bits per heavy atom. The number of likely N-dealkylation sites (tertiary alicyclic amines) is 1. The van der Waals surface area contributed by atoms with Crippen molar-refractivity contribution in [3.63, 3.8) is 0 Å². The first-order chi connectivity index (χ1) is 11.4. The number of nitrogens with zero attached hydrogens (tertiary/aromatic N) is 4. The minimum atomic E-state index is -3.49. The summed E-state index contributed by atoms with van der Waals surface area (Å²) in [6, 6.07) is 8.04. The number of ether oxygens (including phenoxy) is 1. The first-order valence-electron chi connectivity index (χ1n) is 7.36. The number of nitrogens with one attached hydrogen (secondary N) is 1. The average molecular weight is 353 g/mol. The largest absolute Gasteiger partial charge is 0.445 e. The lowest BCUT2D eigenvalue weighted by Crippen LogP contribution is -2.55. The van der Waals surface area contributed by atoms with Crippen molar-refractivity contribution in [2.75, 3.05) is 19.3 Å². The predicted octanol–water partition coefficient (Wildman–Crippen LogP) is 1.63. The molecule has 0 spiro atoms. The van der Waals surface area contributed by atoms with Crippen LogP contribution in [0.2, 0.25) is 0 Å². The molecule has 10 heteroatoms. The van der Waals surface area contributed by atoms with Crippen molar-refractivity contribution in [1.29, 1.82) is 0 Å². The van der Waals surface area contributed by atoms with Gasteiger partial charge in [-0.15, -0.1) is 0 Å². The van der Waals surface area contributed by atoms with Crippen LogP contribution >= 0.6 is 0 Å². The summed E-state index contributed by atoms with van der Waals surface area (Å²) in [5.41, 5.74) is 9.46. The number of benzene rings is 1. The van der Waals surface area contributed by atoms with Gasteiger partial charge in [-0.2, -0.15) is 0 Å². The van der Waals surface area contributed by atoms with E-state index in [0.29, 0.717) is 13.0 Å². The van der Waals surface area contributed by atoms with Crippen molar-refractivity contribution in [3.8, 4) is 0 Å². The number of piperidine rings is 1. The third-order valence-electron chi connectivity index (χ3n) is 3.61. The smallest absolute Gasteiger partial charge is 0.410 e. The van der Waals surface area contributed by atoms with Gasteiger partial charge in [0.15, 0.2) is 0 Å². The highest BCUT2D eigenvalue weighted by Gasteiger charge is 2.33. The summed E-state index contributed by atoms with van der Waals surface area (Å²) < 4.78 is 30.6. The summed E-state index contributed by atoms with van der Waals surface area (Å²) in [5, 5.41) is 3.61. The molecule has 0 aliphatic carbocycles. The van der Waals surface area contributed by atoms with E-state index in [4.69, 9.17) is 10.3 Å². The maximum atomic E-state index is 12.2. The molecule has 1 amide bonds. The molecule has 1 N–H and O–H groups in total. The molecule has 1 aliphatic heterocycles. The van der Waals surface area contributed by atoms with E-state index in [1.54, 1.807) is 0 Å². The summed E-state index contributed by atoms with van der Waals surface area (Å²) in [6.07, 6.45) is 0.850. The Balaban J connectivity index is 1.98. The third kappa shape index (κ3) is 5.41. The number of azide groups is 1. The minimum absolute atomic E-state index is 0.0877. The maximum Gasteiger partial charge on any atom is 0.410 e. The molecule has 1 aromatic rings. The van der Waals surface area contributed by atoms with Crippen LogP contribution in [0.25, 0.3) is 10.4 Å². The van der Waals surface area contributed by atoms with E-state index in [1.807, 2.05) is 30.3 Å². The summed E-state index contributed by atoms with van der Waals surface area (Å²) in [4.78, 5) is 16.3. The molecule has 2 atom stereocenters. The Kier molecular flexibility index (Phi) is 6.02. The highest BCUT2D eigenvalue weighted by Crippen LogP contribution is 2.17. The van der Waals surface area contributed by atoms with Gasteiger partial charge in [-0.25, -0.2) is 17.9 Å². The molecule has 1 saturated heterocycles. The van der Waals surface area contributed by atoms with E-state index in [9.17, 15) is 13.2 Å². The van der Waals surface area contributed by atoms with Gasteiger partial charge in [-0.3, -0.25) is 0 Å². The van der Waals surface area contributed by atoms with Crippen LogP contribution in [0, 0.1) is 0 Å². The van der Waals surface area contributed by atoms with Gasteiger partial charge < -0.3 is 9.64 Å². The molecule has 130 valence electrons. The molecule has 1 aliphatic rings. The molecule has 9 nitrogen and oxygen atoms in total. The zero-order chi connectivity index (χ0) is 17.6. The van der Waals surface area contributed by atoms with Crippen molar-refractivity contribution in [3.05, 3.63) is 46.3 Å². The van der Waals surface area contributed by atoms with Crippen LogP contribution in [0.1, 0.15) is 12.0 Å². The number of carbonyl (C=O) groups excluding carboxylic acids is 1. The van der Waals surface area contributed by atoms with Crippen molar-refractivity contribution >= 4 is 16.1 Å². The second-order valence-electron chi connectivity index (χ2n) is 5.54. The average Bonchev–Trinajstić information content (AvgIpc) is 2.54. The zero-order valence-electron chi connectivity index (χ0n) is 13.2. The lowest BCUT2D eigenvalue weighted by Gasteiger charge is -2.35. The molecule has 2 rings (SSSR count). The molecule has 0 bridgehead atoms. The normalized spacial score (nSPS) is 21.0. The molecule has 0 radical (unpaired) electrons. The summed E-state index contributed by atoms with van der Waals surface area (Å²) >= 11 is 0. The fraction of sp³-hybridized carbons (Fsp3) is 0.500. The topological polar surface area (TPSA) is 124 Å². The van der Waals surface area contributed by atoms with Gasteiger partial charge in [-0.1, -0.05) is 35.4 Å². The van der Waals surface area contributed by atoms with E-state index in [2.05, 4.69) is 14.7 Å². The van der Waals surface area contributed by atoms with Crippen LogP contribution in [0.15, 0.2) is 35.4 Å². The minimum Gasteiger partial charge on any atom is -0.445 e. The second kappa shape index (κ2) is 8.00. The van der Waals surface area contributed by atoms with E-state index < -0.39 is 28.2 Å². The predicted molar refractivity (Wildman–Crippen MR) is 87.5 cm³/mol. The summed E-state index contributed by atoms with van der Waals surface area (Å²) in [6.45, 7) is 0.559. The molecule has 1 aromatic carbocycles. The molecular formula is C14H19N5O4S. The van der Waals surface area contributed by atoms with Crippen molar-refractivity contribution in [2.45, 2.75) is 25.1 Å². The number of amides is 1. The van der Waals surface area contributed by atoms with E-state index in [1.165, 1.54) is 4.90 Å². The monoisotopic (exact) mass is 353 g/mol. The van der Waals surface area contributed by atoms with Crippen LogP contribution in [0.3, 0.4) is 0 Å². The Morgan fingerprint density at radius 3 is 2.79 bits per heavy atom.